The monoisotopic (exact) mass is 141 g/mol. The first-order valence-corrected chi connectivity index (χ1v) is 4.05. The lowest BCUT2D eigenvalue weighted by molar-refractivity contribution is -0.0165. The van der Waals surface area contributed by atoms with Gasteiger partial charge in [0.25, 0.3) is 0 Å². The summed E-state index contributed by atoms with van der Waals surface area (Å²) in [6.45, 7) is 8.16. The molecule has 2 unspecified atom stereocenters. The van der Waals surface area contributed by atoms with Gasteiger partial charge in [0.15, 0.2) is 0 Å². The minimum atomic E-state index is -0.193. The first kappa shape index (κ1) is 8.06. The Kier molecular flexibility index (Phi) is 2.04. The number of rotatable bonds is 0. The fraction of sp³-hybridized carbons (Fsp3) is 0.889. The molecule has 1 aliphatic carbocycles. The van der Waals surface area contributed by atoms with E-state index in [-0.39, 0.29) is 17.4 Å². The highest BCUT2D eigenvalue weighted by molar-refractivity contribution is 4.88. The van der Waals surface area contributed by atoms with Crippen molar-refractivity contribution in [3.63, 3.8) is 0 Å². The fourth-order valence-corrected chi connectivity index (χ4v) is 1.76. The molecular weight excluding hydrogens is 124 g/mol. The molecule has 0 aromatic carbocycles. The van der Waals surface area contributed by atoms with Gasteiger partial charge in [-0.1, -0.05) is 20.3 Å². The molecule has 0 aliphatic heterocycles. The molecule has 0 spiro atoms. The largest absolute Gasteiger partial charge is 0.392 e. The lowest BCUT2D eigenvalue weighted by Crippen LogP contribution is -2.38. The van der Waals surface area contributed by atoms with Crippen molar-refractivity contribution in [2.45, 2.75) is 39.2 Å². The number of hydrogen-bond acceptors (Lipinski definition) is 1. The second-order valence-corrected chi connectivity index (χ2v) is 4.09. The van der Waals surface area contributed by atoms with Crippen molar-refractivity contribution in [3.05, 3.63) is 6.92 Å². The SMILES string of the molecule is [CH2]C1CCCC(C)(C)C1O. The van der Waals surface area contributed by atoms with Crippen LogP contribution in [0.1, 0.15) is 33.1 Å². The molecule has 59 valence electrons. The smallest absolute Gasteiger partial charge is 0.0619 e. The molecule has 0 heterocycles. The van der Waals surface area contributed by atoms with Crippen LogP contribution in [0, 0.1) is 18.3 Å². The Morgan fingerprint density at radius 2 is 2.10 bits per heavy atom. The fourth-order valence-electron chi connectivity index (χ4n) is 1.76. The van der Waals surface area contributed by atoms with Crippen LogP contribution in [0.2, 0.25) is 0 Å². The van der Waals surface area contributed by atoms with Crippen LogP contribution in [0.4, 0.5) is 0 Å². The van der Waals surface area contributed by atoms with Crippen molar-refractivity contribution >= 4 is 0 Å². The van der Waals surface area contributed by atoms with Gasteiger partial charge >= 0.3 is 0 Å². The van der Waals surface area contributed by atoms with E-state index in [2.05, 4.69) is 20.8 Å². The van der Waals surface area contributed by atoms with Crippen molar-refractivity contribution in [2.24, 2.45) is 11.3 Å². The van der Waals surface area contributed by atoms with E-state index in [1.165, 1.54) is 6.42 Å². The van der Waals surface area contributed by atoms with E-state index in [1.54, 1.807) is 0 Å². The maximum Gasteiger partial charge on any atom is 0.0619 e. The van der Waals surface area contributed by atoms with Gasteiger partial charge in [0.05, 0.1) is 6.10 Å². The summed E-state index contributed by atoms with van der Waals surface area (Å²) in [5.74, 6) is 0.253. The van der Waals surface area contributed by atoms with E-state index in [1.807, 2.05) is 0 Å². The van der Waals surface area contributed by atoms with E-state index in [9.17, 15) is 5.11 Å². The van der Waals surface area contributed by atoms with Crippen LogP contribution in [0.25, 0.3) is 0 Å². The van der Waals surface area contributed by atoms with Crippen LogP contribution in [-0.2, 0) is 0 Å². The molecule has 10 heavy (non-hydrogen) atoms. The summed E-state index contributed by atoms with van der Waals surface area (Å²) in [7, 11) is 0. The van der Waals surface area contributed by atoms with Crippen LogP contribution in [0.5, 0.6) is 0 Å². The van der Waals surface area contributed by atoms with Gasteiger partial charge in [-0.15, -0.1) is 0 Å². The van der Waals surface area contributed by atoms with Crippen molar-refractivity contribution in [1.82, 2.24) is 0 Å². The second-order valence-electron chi connectivity index (χ2n) is 4.09. The molecule has 0 aromatic rings. The third-order valence-corrected chi connectivity index (χ3v) is 2.64. The lowest BCUT2D eigenvalue weighted by Gasteiger charge is -2.39. The van der Waals surface area contributed by atoms with Gasteiger partial charge in [0.1, 0.15) is 0 Å². The Morgan fingerprint density at radius 1 is 1.50 bits per heavy atom. The highest BCUT2D eigenvalue weighted by Crippen LogP contribution is 2.38. The molecule has 1 saturated carbocycles. The molecule has 1 nitrogen and oxygen atoms in total. The van der Waals surface area contributed by atoms with Gasteiger partial charge in [-0.05, 0) is 31.1 Å². The predicted molar refractivity (Wildman–Crippen MR) is 42.5 cm³/mol. The van der Waals surface area contributed by atoms with Crippen molar-refractivity contribution in [2.75, 3.05) is 0 Å². The van der Waals surface area contributed by atoms with Crippen LogP contribution in [0.3, 0.4) is 0 Å². The van der Waals surface area contributed by atoms with Gasteiger partial charge in [-0.2, -0.15) is 0 Å². The maximum absolute atomic E-state index is 9.64. The average Bonchev–Trinajstić information content (AvgIpc) is 1.83. The molecule has 0 aromatic heterocycles. The van der Waals surface area contributed by atoms with Crippen molar-refractivity contribution < 1.29 is 5.11 Å². The summed E-state index contributed by atoms with van der Waals surface area (Å²) < 4.78 is 0. The molecular formula is C9H17O. The number of aliphatic hydroxyl groups is 1. The number of aliphatic hydroxyl groups excluding tert-OH is 1. The van der Waals surface area contributed by atoms with E-state index in [4.69, 9.17) is 0 Å². The summed E-state index contributed by atoms with van der Waals surface area (Å²) in [5, 5.41) is 9.64. The Bertz CT molecular complexity index is 118. The van der Waals surface area contributed by atoms with Crippen LogP contribution in [0.15, 0.2) is 0 Å². The summed E-state index contributed by atoms with van der Waals surface area (Å²) in [4.78, 5) is 0. The predicted octanol–water partition coefficient (Wildman–Crippen LogP) is 2.01. The highest BCUT2D eigenvalue weighted by atomic mass is 16.3. The molecule has 2 atom stereocenters. The molecule has 0 bridgehead atoms. The van der Waals surface area contributed by atoms with Gasteiger partial charge in [0.2, 0.25) is 0 Å². The molecule has 1 fully saturated rings. The lowest BCUT2D eigenvalue weighted by atomic mass is 9.70. The van der Waals surface area contributed by atoms with Gasteiger partial charge in [-0.25, -0.2) is 0 Å². The Hall–Kier alpha value is -0.0400. The molecule has 1 aliphatic rings. The zero-order valence-electron chi connectivity index (χ0n) is 6.93. The summed E-state index contributed by atoms with van der Waals surface area (Å²) in [5.41, 5.74) is 0.102. The van der Waals surface area contributed by atoms with Crippen LogP contribution in [-0.4, -0.2) is 11.2 Å². The Labute approximate surface area is 63.4 Å². The first-order valence-electron chi connectivity index (χ1n) is 4.05. The second kappa shape index (κ2) is 2.54. The third kappa shape index (κ3) is 1.34. The molecule has 0 amide bonds. The minimum Gasteiger partial charge on any atom is -0.392 e. The molecule has 0 saturated heterocycles. The molecule has 1 radical (unpaired) electrons. The van der Waals surface area contributed by atoms with Crippen LogP contribution < -0.4 is 0 Å². The average molecular weight is 141 g/mol. The molecule has 1 rings (SSSR count). The Morgan fingerprint density at radius 3 is 2.50 bits per heavy atom. The number of hydrogen-bond donors (Lipinski definition) is 1. The van der Waals surface area contributed by atoms with E-state index < -0.39 is 0 Å². The highest BCUT2D eigenvalue weighted by Gasteiger charge is 2.35. The maximum atomic E-state index is 9.64. The van der Waals surface area contributed by atoms with Crippen molar-refractivity contribution in [1.29, 1.82) is 0 Å². The Balaban J connectivity index is 2.60. The standard InChI is InChI=1S/C9H17O/c1-7-5-4-6-9(2,3)8(7)10/h7-8,10H,1,4-6H2,2-3H3. The first-order chi connectivity index (χ1) is 4.54. The zero-order valence-corrected chi connectivity index (χ0v) is 6.93. The quantitative estimate of drug-likeness (QED) is 0.547. The van der Waals surface area contributed by atoms with Gasteiger partial charge in [-0.3, -0.25) is 0 Å². The zero-order chi connectivity index (χ0) is 7.78. The summed E-state index contributed by atoms with van der Waals surface area (Å²) in [6, 6.07) is 0. The van der Waals surface area contributed by atoms with E-state index in [0.29, 0.717) is 0 Å². The molecule has 1 heteroatoms. The van der Waals surface area contributed by atoms with Gasteiger partial charge < -0.3 is 5.11 Å². The summed E-state index contributed by atoms with van der Waals surface area (Å²) >= 11 is 0. The van der Waals surface area contributed by atoms with Crippen molar-refractivity contribution in [3.8, 4) is 0 Å². The van der Waals surface area contributed by atoms with Gasteiger partial charge in [0, 0.05) is 0 Å². The van der Waals surface area contributed by atoms with E-state index in [0.717, 1.165) is 12.8 Å². The minimum absolute atomic E-state index is 0.102. The topological polar surface area (TPSA) is 20.2 Å². The van der Waals surface area contributed by atoms with Crippen LogP contribution >= 0.6 is 0 Å². The molecule has 1 N–H and O–H groups in total. The third-order valence-electron chi connectivity index (χ3n) is 2.64. The normalized spacial score (nSPS) is 39.6. The summed E-state index contributed by atoms with van der Waals surface area (Å²) in [6.07, 6.45) is 3.25. The van der Waals surface area contributed by atoms with E-state index >= 15 is 0 Å².